The van der Waals surface area contributed by atoms with E-state index in [0.717, 1.165) is 0 Å². The van der Waals surface area contributed by atoms with Gasteiger partial charge in [0, 0.05) is 6.42 Å². The number of benzene rings is 1. The number of anilines is 1. The van der Waals surface area contributed by atoms with Crippen molar-refractivity contribution in [3.63, 3.8) is 0 Å². The minimum Gasteiger partial charge on any atom is -0.481 e. The summed E-state index contributed by atoms with van der Waals surface area (Å²) in [6, 6.07) is 6.73. The summed E-state index contributed by atoms with van der Waals surface area (Å²) in [6.45, 7) is 0. The van der Waals surface area contributed by atoms with Crippen LogP contribution in [0, 0.1) is 0 Å². The molecule has 8 nitrogen and oxygen atoms in total. The van der Waals surface area contributed by atoms with E-state index in [2.05, 4.69) is 14.9 Å². The number of sulfonamides is 1. The molecule has 1 aromatic heterocycles. The Hall–Kier alpha value is -2.42. The summed E-state index contributed by atoms with van der Waals surface area (Å²) < 4.78 is 27.7. The maximum Gasteiger partial charge on any atom is 0.303 e. The average Bonchev–Trinajstić information content (AvgIpc) is 2.91. The summed E-state index contributed by atoms with van der Waals surface area (Å²) in [5.74, 6) is -1.25. The minimum atomic E-state index is -3.57. The highest BCUT2D eigenvalue weighted by molar-refractivity contribution is 7.92. The normalized spacial score (nSPS) is 11.2. The molecule has 0 amide bonds. The van der Waals surface area contributed by atoms with Crippen LogP contribution in [-0.4, -0.2) is 40.0 Å². The van der Waals surface area contributed by atoms with Gasteiger partial charge in [-0.25, -0.2) is 8.42 Å². The second kappa shape index (κ2) is 6.35. The lowest BCUT2D eigenvalue weighted by Gasteiger charge is -2.09. The van der Waals surface area contributed by atoms with Crippen LogP contribution in [0.2, 0.25) is 0 Å². The monoisotopic (exact) mass is 310 g/mol. The van der Waals surface area contributed by atoms with Gasteiger partial charge in [0.1, 0.15) is 12.7 Å². The molecule has 1 aromatic carbocycles. The van der Waals surface area contributed by atoms with Gasteiger partial charge in [-0.1, -0.05) is 6.07 Å². The first-order valence-corrected chi connectivity index (χ1v) is 7.79. The molecule has 0 spiro atoms. The molecular weight excluding hydrogens is 296 g/mol. The molecule has 0 unspecified atom stereocenters. The van der Waals surface area contributed by atoms with Crippen LogP contribution in [0.3, 0.4) is 0 Å². The highest BCUT2D eigenvalue weighted by Crippen LogP contribution is 2.15. The van der Waals surface area contributed by atoms with Gasteiger partial charge in [-0.05, 0) is 24.6 Å². The number of aliphatic carboxylic acids is 1. The molecule has 0 saturated heterocycles. The van der Waals surface area contributed by atoms with Crippen molar-refractivity contribution in [3.8, 4) is 5.69 Å². The predicted octanol–water partition coefficient (Wildman–Crippen LogP) is 0.874. The smallest absolute Gasteiger partial charge is 0.303 e. The van der Waals surface area contributed by atoms with Gasteiger partial charge >= 0.3 is 5.97 Å². The Morgan fingerprint density at radius 2 is 2.00 bits per heavy atom. The maximum absolute atomic E-state index is 11.8. The van der Waals surface area contributed by atoms with Crippen molar-refractivity contribution in [2.24, 2.45) is 0 Å². The zero-order valence-corrected chi connectivity index (χ0v) is 11.8. The summed E-state index contributed by atoms with van der Waals surface area (Å²) in [6.07, 6.45) is 2.89. The van der Waals surface area contributed by atoms with Crippen molar-refractivity contribution in [2.75, 3.05) is 10.5 Å². The summed E-state index contributed by atoms with van der Waals surface area (Å²) in [4.78, 5) is 10.4. The first-order valence-electron chi connectivity index (χ1n) is 6.14. The van der Waals surface area contributed by atoms with Crippen LogP contribution in [0.15, 0.2) is 36.9 Å². The van der Waals surface area contributed by atoms with Gasteiger partial charge in [-0.15, -0.1) is 10.2 Å². The topological polar surface area (TPSA) is 114 Å². The number of carboxylic acid groups (broad SMARTS) is 1. The Bertz CT molecular complexity index is 713. The Kier molecular flexibility index (Phi) is 4.53. The number of nitrogens with one attached hydrogen (secondary N) is 1. The van der Waals surface area contributed by atoms with Gasteiger partial charge in [0.2, 0.25) is 10.0 Å². The molecule has 112 valence electrons. The van der Waals surface area contributed by atoms with Gasteiger partial charge < -0.3 is 5.11 Å². The van der Waals surface area contributed by atoms with Crippen molar-refractivity contribution in [3.05, 3.63) is 36.9 Å². The zero-order chi connectivity index (χ0) is 15.3. The molecule has 2 N–H and O–H groups in total. The van der Waals surface area contributed by atoms with Crippen molar-refractivity contribution in [1.82, 2.24) is 14.8 Å². The second-order valence-electron chi connectivity index (χ2n) is 4.34. The third kappa shape index (κ3) is 4.56. The summed E-state index contributed by atoms with van der Waals surface area (Å²) in [5, 5.41) is 15.9. The van der Waals surface area contributed by atoms with E-state index in [1.54, 1.807) is 28.8 Å². The van der Waals surface area contributed by atoms with Crippen LogP contribution < -0.4 is 4.72 Å². The van der Waals surface area contributed by atoms with E-state index in [1.165, 1.54) is 12.7 Å². The highest BCUT2D eigenvalue weighted by atomic mass is 32.2. The van der Waals surface area contributed by atoms with Crippen molar-refractivity contribution in [2.45, 2.75) is 12.8 Å². The third-order valence-corrected chi connectivity index (χ3v) is 4.01. The Balaban J connectivity index is 2.05. The SMILES string of the molecule is O=C(O)CCCS(=O)(=O)Nc1cccc(-n2cnnc2)c1. The Labute approximate surface area is 121 Å². The fourth-order valence-electron chi connectivity index (χ4n) is 1.71. The van der Waals surface area contributed by atoms with E-state index in [-0.39, 0.29) is 18.6 Å². The van der Waals surface area contributed by atoms with Gasteiger partial charge in [0.05, 0.1) is 17.1 Å². The molecule has 9 heteroatoms. The van der Waals surface area contributed by atoms with Crippen molar-refractivity contribution in [1.29, 1.82) is 0 Å². The fraction of sp³-hybridized carbons (Fsp3) is 0.250. The van der Waals surface area contributed by atoms with Crippen LogP contribution in [0.4, 0.5) is 5.69 Å². The molecule has 0 radical (unpaired) electrons. The van der Waals surface area contributed by atoms with E-state index in [1.807, 2.05) is 0 Å². The molecule has 0 bridgehead atoms. The first kappa shape index (κ1) is 15.0. The number of hydrogen-bond acceptors (Lipinski definition) is 5. The van der Waals surface area contributed by atoms with E-state index in [0.29, 0.717) is 11.4 Å². The lowest BCUT2D eigenvalue weighted by Crippen LogP contribution is -2.17. The van der Waals surface area contributed by atoms with E-state index in [4.69, 9.17) is 5.11 Å². The van der Waals surface area contributed by atoms with E-state index < -0.39 is 16.0 Å². The van der Waals surface area contributed by atoms with E-state index >= 15 is 0 Å². The maximum atomic E-state index is 11.8. The lowest BCUT2D eigenvalue weighted by molar-refractivity contribution is -0.137. The largest absolute Gasteiger partial charge is 0.481 e. The first-order chi connectivity index (χ1) is 9.96. The number of hydrogen-bond donors (Lipinski definition) is 2. The molecule has 2 rings (SSSR count). The van der Waals surface area contributed by atoms with Crippen LogP contribution in [0.5, 0.6) is 0 Å². The molecular formula is C12H14N4O4S. The average molecular weight is 310 g/mol. The fourth-order valence-corrected chi connectivity index (χ4v) is 2.82. The quantitative estimate of drug-likeness (QED) is 0.784. The number of aromatic nitrogens is 3. The molecule has 21 heavy (non-hydrogen) atoms. The molecule has 0 saturated carbocycles. The molecule has 0 fully saturated rings. The van der Waals surface area contributed by atoms with Crippen molar-refractivity contribution < 1.29 is 18.3 Å². The second-order valence-corrected chi connectivity index (χ2v) is 6.18. The molecule has 0 aliphatic rings. The van der Waals surface area contributed by atoms with Crippen LogP contribution in [-0.2, 0) is 14.8 Å². The van der Waals surface area contributed by atoms with Gasteiger partial charge in [0.15, 0.2) is 0 Å². The predicted molar refractivity (Wildman–Crippen MR) is 75.6 cm³/mol. The molecule has 0 aliphatic carbocycles. The van der Waals surface area contributed by atoms with Crippen molar-refractivity contribution >= 4 is 21.7 Å². The van der Waals surface area contributed by atoms with Gasteiger partial charge in [0.25, 0.3) is 0 Å². The number of carbonyl (C=O) groups is 1. The zero-order valence-electron chi connectivity index (χ0n) is 11.0. The van der Waals surface area contributed by atoms with E-state index in [9.17, 15) is 13.2 Å². The molecule has 1 heterocycles. The van der Waals surface area contributed by atoms with Crippen LogP contribution in [0.1, 0.15) is 12.8 Å². The van der Waals surface area contributed by atoms with Crippen LogP contribution in [0.25, 0.3) is 5.69 Å². The Morgan fingerprint density at radius 3 is 2.67 bits per heavy atom. The van der Waals surface area contributed by atoms with Gasteiger partial charge in [-0.2, -0.15) is 0 Å². The Morgan fingerprint density at radius 1 is 1.29 bits per heavy atom. The third-order valence-electron chi connectivity index (χ3n) is 2.64. The lowest BCUT2D eigenvalue weighted by atomic mass is 10.3. The number of rotatable bonds is 7. The van der Waals surface area contributed by atoms with Gasteiger partial charge in [-0.3, -0.25) is 14.1 Å². The standard InChI is InChI=1S/C12H14N4O4S/c17-12(18)5-2-6-21(19,20)15-10-3-1-4-11(7-10)16-8-13-14-9-16/h1,3-4,7-9,15H,2,5-6H2,(H,17,18). The highest BCUT2D eigenvalue weighted by Gasteiger charge is 2.12. The number of carboxylic acids is 1. The summed E-state index contributed by atoms with van der Waals surface area (Å²) >= 11 is 0. The summed E-state index contributed by atoms with van der Waals surface area (Å²) in [7, 11) is -3.57. The minimum absolute atomic E-state index is 0.0653. The summed E-state index contributed by atoms with van der Waals surface area (Å²) in [5.41, 5.74) is 1.11. The van der Waals surface area contributed by atoms with Crippen LogP contribution >= 0.6 is 0 Å². The number of nitrogens with zero attached hydrogens (tertiary/aromatic N) is 3. The molecule has 2 aromatic rings. The molecule has 0 atom stereocenters. The molecule has 0 aliphatic heterocycles.